The van der Waals surface area contributed by atoms with Gasteiger partial charge < -0.3 is 38.3 Å². The minimum absolute atomic E-state index is 0.00590. The monoisotopic (exact) mass is 796 g/mol. The van der Waals surface area contributed by atoms with Gasteiger partial charge in [0.15, 0.2) is 5.79 Å². The maximum atomic E-state index is 13.7. The highest BCUT2D eigenvalue weighted by Gasteiger charge is 2.58. The highest BCUT2D eigenvalue weighted by Crippen LogP contribution is 2.51. The van der Waals surface area contributed by atoms with E-state index >= 15 is 0 Å². The first-order valence-electron chi connectivity index (χ1n) is 20.1. The van der Waals surface area contributed by atoms with Gasteiger partial charge in [-0.1, -0.05) is 94.5 Å². The topological polar surface area (TPSA) is 153 Å². The van der Waals surface area contributed by atoms with Crippen LogP contribution in [0.25, 0.3) is 0 Å². The van der Waals surface area contributed by atoms with Crippen molar-refractivity contribution in [2.45, 2.75) is 136 Å². The molecule has 1 aliphatic heterocycles. The molecule has 0 aliphatic carbocycles. The van der Waals surface area contributed by atoms with Crippen LogP contribution in [0.5, 0.6) is 5.75 Å². The molecule has 2 aromatic rings. The lowest BCUT2D eigenvalue weighted by molar-refractivity contribution is -0.341. The largest absolute Gasteiger partial charge is 0.497 e. The van der Waals surface area contributed by atoms with Crippen molar-refractivity contribution < 1.29 is 57.4 Å². The summed E-state index contributed by atoms with van der Waals surface area (Å²) in [6, 6.07) is 17.4. The summed E-state index contributed by atoms with van der Waals surface area (Å²) < 4.78 is 42.5. The summed E-state index contributed by atoms with van der Waals surface area (Å²) >= 11 is 0. The Kier molecular flexibility index (Phi) is 19.9. The van der Waals surface area contributed by atoms with Crippen molar-refractivity contribution in [2.75, 3.05) is 27.9 Å². The third-order valence-corrected chi connectivity index (χ3v) is 10.6. The summed E-state index contributed by atoms with van der Waals surface area (Å²) in [6.45, 7) is 8.12. The first-order valence-corrected chi connectivity index (χ1v) is 20.1. The molecule has 1 saturated heterocycles. The van der Waals surface area contributed by atoms with Gasteiger partial charge in [0.05, 0.1) is 64.0 Å². The number of Topliss-reactive ketones (excluding diaryl/α,β-unsaturated/α-hetero) is 1. The molecule has 316 valence electrons. The molecule has 1 aliphatic rings. The summed E-state index contributed by atoms with van der Waals surface area (Å²) in [6.07, 6.45) is 5.05. The quantitative estimate of drug-likeness (QED) is 0.0555. The normalized spacial score (nSPS) is 20.1. The van der Waals surface area contributed by atoms with Gasteiger partial charge in [0.2, 0.25) is 0 Å². The molecule has 2 aromatic carbocycles. The molecule has 0 unspecified atom stereocenters. The third kappa shape index (κ3) is 15.0. The molecule has 1 fully saturated rings. The Labute approximate surface area is 338 Å². The molecule has 12 nitrogen and oxygen atoms in total. The van der Waals surface area contributed by atoms with Crippen molar-refractivity contribution in [3.8, 4) is 5.75 Å². The Balaban J connectivity index is 2.02. The zero-order valence-corrected chi connectivity index (χ0v) is 34.9. The van der Waals surface area contributed by atoms with Crippen LogP contribution >= 0.6 is 0 Å². The van der Waals surface area contributed by atoms with E-state index in [1.54, 1.807) is 7.11 Å². The second kappa shape index (κ2) is 24.0. The molecule has 5 atom stereocenters. The van der Waals surface area contributed by atoms with Crippen molar-refractivity contribution in [3.05, 3.63) is 77.4 Å². The molecule has 1 heterocycles. The fourth-order valence-electron chi connectivity index (χ4n) is 7.27. The van der Waals surface area contributed by atoms with Crippen LogP contribution in [0.2, 0.25) is 0 Å². The number of esters is 2. The highest BCUT2D eigenvalue weighted by molar-refractivity contribution is 5.84. The highest BCUT2D eigenvalue weighted by atomic mass is 16.7. The minimum Gasteiger partial charge on any atom is -0.497 e. The number of ether oxygens (including phenoxy) is 7. The van der Waals surface area contributed by atoms with Crippen molar-refractivity contribution in [2.24, 2.45) is 11.3 Å². The number of methoxy groups -OCH3 is 3. The molecule has 0 bridgehead atoms. The SMILES string of the molecule is CCCCCCCC(=O)C[C@H]1/C(=C/C(=O)OC)C[C@@H](C[C@@H](OCc2ccc(OC)cc2)[C@H](C)OCc2ccccc2)O[C@@]1(OC)C(C)(C)COC(=O)CCC(=O)O. The number of benzene rings is 2. The van der Waals surface area contributed by atoms with Crippen LogP contribution in [-0.4, -0.2) is 80.8 Å². The predicted molar refractivity (Wildman–Crippen MR) is 214 cm³/mol. The second-order valence-electron chi connectivity index (χ2n) is 15.4. The van der Waals surface area contributed by atoms with Crippen LogP contribution in [0.15, 0.2) is 66.2 Å². The van der Waals surface area contributed by atoms with E-state index in [1.165, 1.54) is 20.3 Å². The van der Waals surface area contributed by atoms with E-state index in [0.29, 0.717) is 25.0 Å². The average Bonchev–Trinajstić information content (AvgIpc) is 3.20. The number of carbonyl (C=O) groups is 4. The number of carboxylic acid groups (broad SMARTS) is 1. The molecule has 0 aromatic heterocycles. The average molecular weight is 797 g/mol. The van der Waals surface area contributed by atoms with Gasteiger partial charge >= 0.3 is 17.9 Å². The zero-order chi connectivity index (χ0) is 41.8. The van der Waals surface area contributed by atoms with Gasteiger partial charge in [0.25, 0.3) is 0 Å². The van der Waals surface area contributed by atoms with Crippen molar-refractivity contribution in [1.29, 1.82) is 0 Å². The zero-order valence-electron chi connectivity index (χ0n) is 34.9. The first kappa shape index (κ1) is 47.3. The van der Waals surface area contributed by atoms with Crippen LogP contribution < -0.4 is 4.74 Å². The molecular formula is C45H64O12. The Bertz CT molecular complexity index is 1570. The number of carboxylic acids is 1. The number of aliphatic carboxylic acids is 1. The van der Waals surface area contributed by atoms with Crippen molar-refractivity contribution in [3.63, 3.8) is 0 Å². The molecule has 12 heteroatoms. The van der Waals surface area contributed by atoms with E-state index in [4.69, 9.17) is 38.3 Å². The van der Waals surface area contributed by atoms with Gasteiger partial charge in [-0.3, -0.25) is 14.4 Å². The van der Waals surface area contributed by atoms with Crippen LogP contribution in [0.1, 0.15) is 109 Å². The molecule has 1 N–H and O–H groups in total. The molecule has 3 rings (SSSR count). The number of rotatable bonds is 26. The van der Waals surface area contributed by atoms with Gasteiger partial charge in [0.1, 0.15) is 18.1 Å². The predicted octanol–water partition coefficient (Wildman–Crippen LogP) is 8.18. The lowest BCUT2D eigenvalue weighted by Gasteiger charge is -2.54. The Morgan fingerprint density at radius 1 is 0.895 bits per heavy atom. The number of hydrogen-bond acceptors (Lipinski definition) is 11. The summed E-state index contributed by atoms with van der Waals surface area (Å²) in [7, 11) is 4.39. The number of hydrogen-bond donors (Lipinski definition) is 1. The lowest BCUT2D eigenvalue weighted by Crippen LogP contribution is -2.61. The molecule has 0 spiro atoms. The number of ketones is 1. The molecular weight excluding hydrogens is 732 g/mol. The summed E-state index contributed by atoms with van der Waals surface area (Å²) in [5, 5.41) is 9.13. The summed E-state index contributed by atoms with van der Waals surface area (Å²) in [5.41, 5.74) is 1.43. The van der Waals surface area contributed by atoms with E-state index in [9.17, 15) is 19.2 Å². The van der Waals surface area contributed by atoms with Crippen molar-refractivity contribution >= 4 is 23.7 Å². The van der Waals surface area contributed by atoms with Crippen LogP contribution in [-0.2, 0) is 60.8 Å². The molecule has 57 heavy (non-hydrogen) atoms. The number of carbonyl (C=O) groups excluding carboxylic acids is 3. The van der Waals surface area contributed by atoms with E-state index in [0.717, 1.165) is 49.0 Å². The third-order valence-electron chi connectivity index (χ3n) is 10.6. The van der Waals surface area contributed by atoms with Crippen molar-refractivity contribution in [1.82, 2.24) is 0 Å². The van der Waals surface area contributed by atoms with Gasteiger partial charge in [-0.2, -0.15) is 0 Å². The maximum Gasteiger partial charge on any atom is 0.330 e. The first-order chi connectivity index (χ1) is 27.3. The van der Waals surface area contributed by atoms with Gasteiger partial charge in [-0.05, 0) is 43.0 Å². The summed E-state index contributed by atoms with van der Waals surface area (Å²) in [4.78, 5) is 50.6. The van der Waals surface area contributed by atoms with E-state index in [2.05, 4.69) is 6.92 Å². The maximum absolute atomic E-state index is 13.7. The van der Waals surface area contributed by atoms with E-state index < -0.39 is 53.3 Å². The fourth-order valence-corrected chi connectivity index (χ4v) is 7.27. The smallest absolute Gasteiger partial charge is 0.330 e. The van der Waals surface area contributed by atoms with Gasteiger partial charge in [-0.15, -0.1) is 0 Å². The Hall–Kier alpha value is -4.10. The van der Waals surface area contributed by atoms with E-state index in [-0.39, 0.29) is 44.7 Å². The molecule has 0 radical (unpaired) electrons. The fraction of sp³-hybridized carbons (Fsp3) is 0.600. The van der Waals surface area contributed by atoms with Crippen LogP contribution in [0.4, 0.5) is 0 Å². The van der Waals surface area contributed by atoms with Gasteiger partial charge in [-0.25, -0.2) is 4.79 Å². The Morgan fingerprint density at radius 3 is 2.19 bits per heavy atom. The number of unbranched alkanes of at least 4 members (excludes halogenated alkanes) is 4. The summed E-state index contributed by atoms with van der Waals surface area (Å²) in [5.74, 6) is -4.01. The Morgan fingerprint density at radius 2 is 1.56 bits per heavy atom. The minimum atomic E-state index is -1.59. The van der Waals surface area contributed by atoms with Gasteiger partial charge in [0, 0.05) is 38.4 Å². The lowest BCUT2D eigenvalue weighted by atomic mass is 9.68. The second-order valence-corrected chi connectivity index (χ2v) is 15.4. The van der Waals surface area contributed by atoms with Crippen LogP contribution in [0, 0.1) is 11.3 Å². The molecule has 0 saturated carbocycles. The molecule has 0 amide bonds. The standard InChI is InChI=1S/C45H64O12/c1-8-9-10-11-15-18-36(46)27-39-35(26-43(50)52-6)25-38(57-45(39,53-7)44(3,4)31-56-42(49)24-23-41(47)48)28-40(32(2)54-29-33-16-13-12-14-17-33)55-30-34-19-21-37(51-5)22-20-34/h12-14,16-17,19-22,26,32,38-40H,8-11,15,18,23-25,27-31H2,1-7H3,(H,47,48)/b35-26+/t32-,38-,39-,40+,45+/m0/s1. The van der Waals surface area contributed by atoms with Crippen LogP contribution in [0.3, 0.4) is 0 Å². The van der Waals surface area contributed by atoms with E-state index in [1.807, 2.05) is 75.4 Å².